The fourth-order valence-electron chi connectivity index (χ4n) is 2.44. The number of ketones is 1. The second-order valence-electron chi connectivity index (χ2n) is 7.22. The van der Waals surface area contributed by atoms with Gasteiger partial charge in [-0.1, -0.05) is 20.8 Å². The lowest BCUT2D eigenvalue weighted by Gasteiger charge is -2.18. The van der Waals surface area contributed by atoms with Crippen LogP contribution in [0, 0.1) is 5.41 Å². The molecule has 146 valence electrons. The van der Waals surface area contributed by atoms with E-state index in [4.69, 9.17) is 0 Å². The molecule has 0 aliphatic carbocycles. The van der Waals surface area contributed by atoms with Crippen molar-refractivity contribution < 1.29 is 9.59 Å². The molecular weight excluding hydrogens is 380 g/mol. The highest BCUT2D eigenvalue weighted by Gasteiger charge is 2.20. The van der Waals surface area contributed by atoms with E-state index in [-0.39, 0.29) is 23.8 Å². The van der Waals surface area contributed by atoms with Gasteiger partial charge < -0.3 is 4.90 Å². The second-order valence-corrected chi connectivity index (χ2v) is 9.06. The minimum Gasteiger partial charge on any atom is -0.342 e. The Kier molecular flexibility index (Phi) is 6.95. The number of aromatic nitrogens is 1. The minimum absolute atomic E-state index is 0.0578. The maximum Gasteiger partial charge on any atom is 0.269 e. The van der Waals surface area contributed by atoms with Crippen LogP contribution in [-0.2, 0) is 16.1 Å². The number of rotatable bonds is 6. The first-order valence-electron chi connectivity index (χ1n) is 8.94. The molecule has 2 aromatic heterocycles. The predicted octanol–water partition coefficient (Wildman–Crippen LogP) is 2.06. The van der Waals surface area contributed by atoms with E-state index in [1.807, 2.05) is 51.4 Å². The molecule has 0 aromatic carbocycles. The lowest BCUT2D eigenvalue weighted by atomic mass is 9.91. The van der Waals surface area contributed by atoms with Crippen molar-refractivity contribution >= 4 is 46.5 Å². The van der Waals surface area contributed by atoms with Crippen LogP contribution in [-0.4, -0.2) is 34.2 Å². The molecule has 0 saturated heterocycles. The summed E-state index contributed by atoms with van der Waals surface area (Å²) in [4.78, 5) is 39.6. The quantitative estimate of drug-likeness (QED) is 0.738. The molecule has 2 heterocycles. The maximum atomic E-state index is 12.9. The Labute approximate surface area is 167 Å². The molecule has 5 nitrogen and oxygen atoms in total. The lowest BCUT2D eigenvalue weighted by Crippen LogP contribution is -2.40. The molecule has 0 atom stereocenters. The highest BCUT2D eigenvalue weighted by Crippen LogP contribution is 2.14. The van der Waals surface area contributed by atoms with Crippen LogP contribution in [0.5, 0.6) is 0 Å². The van der Waals surface area contributed by atoms with Crippen LogP contribution in [0.3, 0.4) is 0 Å². The molecule has 2 rings (SSSR count). The number of nitrogens with zero attached hydrogens (tertiary/aromatic N) is 2. The van der Waals surface area contributed by atoms with E-state index in [2.05, 4.69) is 0 Å². The summed E-state index contributed by atoms with van der Waals surface area (Å²) in [6.45, 7) is 10.4. The maximum absolute atomic E-state index is 12.9. The standard InChI is InChI=1S/C20H26N2O3S2/c1-6-21(7-2)17(24)12-22-18(11-16(23)20(3,4)5)27-15(19(22)25)10-14-8-9-26-13-14/h8-11,13H,6-7,12H2,1-5H3/b15-10+,18-11-. The molecule has 27 heavy (non-hydrogen) atoms. The van der Waals surface area contributed by atoms with E-state index in [9.17, 15) is 14.4 Å². The van der Waals surface area contributed by atoms with E-state index in [1.165, 1.54) is 22.0 Å². The summed E-state index contributed by atoms with van der Waals surface area (Å²) in [7, 11) is 0. The van der Waals surface area contributed by atoms with Gasteiger partial charge in [0, 0.05) is 24.6 Å². The lowest BCUT2D eigenvalue weighted by molar-refractivity contribution is -0.131. The summed E-state index contributed by atoms with van der Waals surface area (Å²) in [5.41, 5.74) is 0.152. The number of likely N-dealkylation sites (N-methyl/N-ethyl adjacent to an activating group) is 1. The molecule has 0 unspecified atom stereocenters. The van der Waals surface area contributed by atoms with Crippen molar-refractivity contribution in [1.29, 1.82) is 0 Å². The van der Waals surface area contributed by atoms with Crippen molar-refractivity contribution in [2.75, 3.05) is 13.1 Å². The Hall–Kier alpha value is -1.99. The van der Waals surface area contributed by atoms with E-state index in [1.54, 1.807) is 22.3 Å². The topological polar surface area (TPSA) is 59.4 Å². The van der Waals surface area contributed by atoms with Crippen molar-refractivity contribution in [3.8, 4) is 0 Å². The number of hydrogen-bond donors (Lipinski definition) is 0. The van der Waals surface area contributed by atoms with Gasteiger partial charge >= 0.3 is 0 Å². The summed E-state index contributed by atoms with van der Waals surface area (Å²) in [6.07, 6.45) is 3.30. The van der Waals surface area contributed by atoms with Crippen LogP contribution in [0.4, 0.5) is 0 Å². The number of carbonyl (C=O) groups is 2. The third-order valence-corrected chi connectivity index (χ3v) is 5.94. The van der Waals surface area contributed by atoms with Crippen LogP contribution < -0.4 is 14.8 Å². The normalized spacial score (nSPS) is 13.2. The number of thiophene rings is 1. The predicted molar refractivity (Wildman–Crippen MR) is 113 cm³/mol. The van der Waals surface area contributed by atoms with Gasteiger partial charge in [0.15, 0.2) is 5.78 Å². The average Bonchev–Trinajstić information content (AvgIpc) is 3.19. The Morgan fingerprint density at radius 1 is 1.22 bits per heavy atom. The van der Waals surface area contributed by atoms with E-state index in [0.717, 1.165) is 5.56 Å². The fourth-order valence-corrected chi connectivity index (χ4v) is 4.10. The zero-order chi connectivity index (χ0) is 20.2. The van der Waals surface area contributed by atoms with Crippen molar-refractivity contribution in [3.63, 3.8) is 0 Å². The second kappa shape index (κ2) is 8.80. The summed E-state index contributed by atoms with van der Waals surface area (Å²) in [6, 6.07) is 1.93. The molecule has 0 spiro atoms. The SMILES string of the molecule is CCN(CC)C(=O)Cn1c(=O)/c(=C\c2ccsc2)s/c1=C\C(=O)C(C)(C)C. The minimum atomic E-state index is -0.551. The summed E-state index contributed by atoms with van der Waals surface area (Å²) < 4.78 is 2.46. The summed E-state index contributed by atoms with van der Waals surface area (Å²) >= 11 is 2.80. The molecule has 0 aliphatic heterocycles. The Bertz CT molecular complexity index is 972. The van der Waals surface area contributed by atoms with Gasteiger partial charge in [0.05, 0.1) is 4.53 Å². The van der Waals surface area contributed by atoms with Crippen LogP contribution in [0.1, 0.15) is 40.2 Å². The van der Waals surface area contributed by atoms with Crippen LogP contribution >= 0.6 is 22.7 Å². The van der Waals surface area contributed by atoms with Gasteiger partial charge in [-0.3, -0.25) is 19.0 Å². The van der Waals surface area contributed by atoms with Gasteiger partial charge in [-0.05, 0) is 42.3 Å². The molecule has 1 amide bonds. The summed E-state index contributed by atoms with van der Waals surface area (Å²) in [5, 5.41) is 3.90. The van der Waals surface area contributed by atoms with Crippen LogP contribution in [0.25, 0.3) is 12.2 Å². The zero-order valence-corrected chi connectivity index (χ0v) is 18.1. The smallest absolute Gasteiger partial charge is 0.269 e. The van der Waals surface area contributed by atoms with Gasteiger partial charge in [0.2, 0.25) is 5.91 Å². The largest absolute Gasteiger partial charge is 0.342 e. The number of thiazole rings is 1. The molecule has 7 heteroatoms. The van der Waals surface area contributed by atoms with E-state index >= 15 is 0 Å². The monoisotopic (exact) mass is 406 g/mol. The van der Waals surface area contributed by atoms with Gasteiger partial charge in [0.25, 0.3) is 5.56 Å². The molecule has 0 bridgehead atoms. The zero-order valence-electron chi connectivity index (χ0n) is 16.4. The third kappa shape index (κ3) is 5.26. The molecule has 0 radical (unpaired) electrons. The van der Waals surface area contributed by atoms with Crippen LogP contribution in [0.2, 0.25) is 0 Å². The Morgan fingerprint density at radius 2 is 1.89 bits per heavy atom. The number of amides is 1. The van der Waals surface area contributed by atoms with E-state index < -0.39 is 5.41 Å². The van der Waals surface area contributed by atoms with Crippen LogP contribution in [0.15, 0.2) is 21.6 Å². The molecular formula is C20H26N2O3S2. The van der Waals surface area contributed by atoms with Gasteiger partial charge in [-0.25, -0.2) is 0 Å². The van der Waals surface area contributed by atoms with Crippen molar-refractivity contribution in [2.45, 2.75) is 41.2 Å². The molecule has 2 aromatic rings. The van der Waals surface area contributed by atoms with Gasteiger partial charge in [-0.15, -0.1) is 11.3 Å². The average molecular weight is 407 g/mol. The molecule has 0 fully saturated rings. The van der Waals surface area contributed by atoms with E-state index in [0.29, 0.717) is 22.3 Å². The first-order valence-corrected chi connectivity index (χ1v) is 10.7. The Balaban J connectivity index is 2.60. The number of hydrogen-bond acceptors (Lipinski definition) is 5. The van der Waals surface area contributed by atoms with Gasteiger partial charge in [-0.2, -0.15) is 11.3 Å². The first kappa shape index (κ1) is 21.3. The number of carbonyl (C=O) groups excluding carboxylic acids is 2. The fraction of sp³-hybridized carbons (Fsp3) is 0.450. The molecule has 0 saturated carbocycles. The summed E-state index contributed by atoms with van der Waals surface area (Å²) in [5.74, 6) is -0.199. The van der Waals surface area contributed by atoms with Crippen molar-refractivity contribution in [2.24, 2.45) is 5.41 Å². The van der Waals surface area contributed by atoms with Gasteiger partial charge in [0.1, 0.15) is 11.2 Å². The molecule has 0 N–H and O–H groups in total. The van der Waals surface area contributed by atoms with Crippen molar-refractivity contribution in [1.82, 2.24) is 9.47 Å². The van der Waals surface area contributed by atoms with Crippen molar-refractivity contribution in [3.05, 3.63) is 41.9 Å². The highest BCUT2D eigenvalue weighted by atomic mass is 32.1. The first-order chi connectivity index (χ1) is 12.7. The number of Topliss-reactive ketones (excluding diaryl/α,β-unsaturated/α-hetero) is 1. The third-order valence-electron chi connectivity index (χ3n) is 4.18. The highest BCUT2D eigenvalue weighted by molar-refractivity contribution is 7.08. The molecule has 0 aliphatic rings. The Morgan fingerprint density at radius 3 is 2.41 bits per heavy atom.